The van der Waals surface area contributed by atoms with Gasteiger partial charge in [0, 0.05) is 11.1 Å². The van der Waals surface area contributed by atoms with Crippen LogP contribution >= 0.6 is 11.3 Å². The third-order valence-corrected chi connectivity index (χ3v) is 3.48. The number of anilines is 1. The Labute approximate surface area is 105 Å². The van der Waals surface area contributed by atoms with Gasteiger partial charge in [-0.25, -0.2) is 4.98 Å². The molecule has 17 heavy (non-hydrogen) atoms. The van der Waals surface area contributed by atoms with Crippen LogP contribution in [-0.4, -0.2) is 11.6 Å². The Morgan fingerprint density at radius 2 is 2.29 bits per heavy atom. The number of thiophene rings is 1. The Morgan fingerprint density at radius 1 is 1.41 bits per heavy atom. The van der Waals surface area contributed by atoms with Crippen molar-refractivity contribution in [1.29, 1.82) is 0 Å². The first-order valence-electron chi connectivity index (χ1n) is 5.66. The highest BCUT2D eigenvalue weighted by molar-refractivity contribution is 7.10. The summed E-state index contributed by atoms with van der Waals surface area (Å²) in [5.41, 5.74) is 1.32. The molecule has 0 amide bonds. The average Bonchev–Trinajstić information content (AvgIpc) is 2.74. The molecule has 2 rings (SSSR count). The van der Waals surface area contributed by atoms with Crippen molar-refractivity contribution in [2.45, 2.75) is 20.4 Å². The van der Waals surface area contributed by atoms with Gasteiger partial charge in [0.15, 0.2) is 11.6 Å². The van der Waals surface area contributed by atoms with E-state index in [-0.39, 0.29) is 0 Å². The molecule has 0 saturated heterocycles. The summed E-state index contributed by atoms with van der Waals surface area (Å²) in [6.07, 6.45) is 1.77. The van der Waals surface area contributed by atoms with E-state index in [0.29, 0.717) is 6.61 Å². The summed E-state index contributed by atoms with van der Waals surface area (Å²) in [6, 6.07) is 5.94. The molecule has 0 atom stereocenters. The fourth-order valence-electron chi connectivity index (χ4n) is 1.54. The quantitative estimate of drug-likeness (QED) is 0.879. The third-order valence-electron chi connectivity index (χ3n) is 2.46. The number of aromatic nitrogens is 1. The van der Waals surface area contributed by atoms with Gasteiger partial charge in [-0.15, -0.1) is 11.3 Å². The number of rotatable bonds is 5. The van der Waals surface area contributed by atoms with E-state index in [9.17, 15) is 0 Å². The Hall–Kier alpha value is -1.55. The van der Waals surface area contributed by atoms with Crippen LogP contribution in [0.1, 0.15) is 17.4 Å². The molecule has 1 N–H and O–H groups in total. The van der Waals surface area contributed by atoms with Gasteiger partial charge in [0.25, 0.3) is 0 Å². The Kier molecular flexibility index (Phi) is 3.98. The highest BCUT2D eigenvalue weighted by atomic mass is 32.1. The second-order valence-electron chi connectivity index (χ2n) is 3.66. The van der Waals surface area contributed by atoms with Crippen LogP contribution in [0.5, 0.6) is 5.75 Å². The summed E-state index contributed by atoms with van der Waals surface area (Å²) in [7, 11) is 0. The smallest absolute Gasteiger partial charge is 0.169 e. The van der Waals surface area contributed by atoms with Crippen LogP contribution in [0.15, 0.2) is 29.8 Å². The fraction of sp³-hybridized carbons (Fsp3) is 0.308. The number of nitrogens with one attached hydrogen (secondary N) is 1. The molecular formula is C13H16N2OS. The molecule has 0 aliphatic rings. The van der Waals surface area contributed by atoms with Gasteiger partial charge in [0.1, 0.15) is 0 Å². The van der Waals surface area contributed by atoms with E-state index in [1.807, 2.05) is 19.1 Å². The van der Waals surface area contributed by atoms with Gasteiger partial charge in [-0.3, -0.25) is 0 Å². The first-order valence-corrected chi connectivity index (χ1v) is 6.54. The van der Waals surface area contributed by atoms with Crippen molar-refractivity contribution in [2.75, 3.05) is 11.9 Å². The highest BCUT2D eigenvalue weighted by Gasteiger charge is 2.05. The molecule has 3 nitrogen and oxygen atoms in total. The second-order valence-corrected chi connectivity index (χ2v) is 4.66. The monoisotopic (exact) mass is 248 g/mol. The van der Waals surface area contributed by atoms with Crippen LogP contribution in [0.2, 0.25) is 0 Å². The Morgan fingerprint density at radius 3 is 3.00 bits per heavy atom. The summed E-state index contributed by atoms with van der Waals surface area (Å²) in [5.74, 6) is 1.62. The topological polar surface area (TPSA) is 34.1 Å². The van der Waals surface area contributed by atoms with Gasteiger partial charge in [-0.2, -0.15) is 0 Å². The predicted molar refractivity (Wildman–Crippen MR) is 71.8 cm³/mol. The summed E-state index contributed by atoms with van der Waals surface area (Å²) < 4.78 is 5.52. The summed E-state index contributed by atoms with van der Waals surface area (Å²) >= 11 is 1.76. The minimum Gasteiger partial charge on any atom is -0.490 e. The van der Waals surface area contributed by atoms with Gasteiger partial charge in [-0.05, 0) is 43.0 Å². The second kappa shape index (κ2) is 5.68. The minimum atomic E-state index is 0.651. The molecule has 0 radical (unpaired) electrons. The number of pyridine rings is 1. The van der Waals surface area contributed by atoms with Crippen molar-refractivity contribution in [3.8, 4) is 5.75 Å². The van der Waals surface area contributed by atoms with Gasteiger partial charge in [-0.1, -0.05) is 0 Å². The van der Waals surface area contributed by atoms with Crippen molar-refractivity contribution >= 4 is 17.2 Å². The maximum absolute atomic E-state index is 5.52. The normalized spacial score (nSPS) is 10.2. The number of hydrogen-bond donors (Lipinski definition) is 1. The van der Waals surface area contributed by atoms with Gasteiger partial charge < -0.3 is 10.1 Å². The lowest BCUT2D eigenvalue weighted by Gasteiger charge is -2.10. The maximum Gasteiger partial charge on any atom is 0.169 e. The van der Waals surface area contributed by atoms with E-state index in [1.54, 1.807) is 17.5 Å². The van der Waals surface area contributed by atoms with Crippen molar-refractivity contribution in [1.82, 2.24) is 4.98 Å². The first kappa shape index (κ1) is 11.9. The maximum atomic E-state index is 5.52. The molecule has 0 aliphatic heterocycles. The highest BCUT2D eigenvalue weighted by Crippen LogP contribution is 2.23. The summed E-state index contributed by atoms with van der Waals surface area (Å²) in [4.78, 5) is 5.63. The Bertz CT molecular complexity index is 482. The molecule has 0 aliphatic carbocycles. The van der Waals surface area contributed by atoms with Crippen LogP contribution in [0.3, 0.4) is 0 Å². The van der Waals surface area contributed by atoms with Gasteiger partial charge >= 0.3 is 0 Å². The largest absolute Gasteiger partial charge is 0.490 e. The van der Waals surface area contributed by atoms with E-state index in [1.165, 1.54) is 10.4 Å². The van der Waals surface area contributed by atoms with E-state index in [0.717, 1.165) is 18.1 Å². The third kappa shape index (κ3) is 2.97. The van der Waals surface area contributed by atoms with E-state index in [2.05, 4.69) is 28.7 Å². The first-order chi connectivity index (χ1) is 8.31. The molecule has 0 saturated carbocycles. The van der Waals surface area contributed by atoms with Crippen LogP contribution in [0.25, 0.3) is 0 Å². The number of aryl methyl sites for hydroxylation is 1. The number of hydrogen-bond acceptors (Lipinski definition) is 4. The zero-order valence-corrected chi connectivity index (χ0v) is 10.9. The molecule has 2 aromatic rings. The van der Waals surface area contributed by atoms with Crippen molar-refractivity contribution in [3.63, 3.8) is 0 Å². The van der Waals surface area contributed by atoms with Crippen LogP contribution in [-0.2, 0) is 6.54 Å². The SMILES string of the molecule is CCOc1cccnc1NCc1sccc1C. The van der Waals surface area contributed by atoms with Crippen molar-refractivity contribution < 1.29 is 4.74 Å². The summed E-state index contributed by atoms with van der Waals surface area (Å²) in [5, 5.41) is 5.42. The zero-order chi connectivity index (χ0) is 12.1. The molecule has 0 bridgehead atoms. The molecule has 0 fully saturated rings. The van der Waals surface area contributed by atoms with Crippen LogP contribution in [0, 0.1) is 6.92 Å². The standard InChI is InChI=1S/C13H16N2OS/c1-3-16-11-5-4-7-14-13(11)15-9-12-10(2)6-8-17-12/h4-8H,3,9H2,1-2H3,(H,14,15). The molecule has 2 aromatic heterocycles. The van der Waals surface area contributed by atoms with E-state index in [4.69, 9.17) is 4.74 Å². The number of ether oxygens (including phenoxy) is 1. The molecule has 0 spiro atoms. The lowest BCUT2D eigenvalue weighted by Crippen LogP contribution is -2.04. The Balaban J connectivity index is 2.06. The predicted octanol–water partition coefficient (Wildman–Crippen LogP) is 3.46. The van der Waals surface area contributed by atoms with Crippen LogP contribution in [0.4, 0.5) is 5.82 Å². The lowest BCUT2D eigenvalue weighted by molar-refractivity contribution is 0.340. The molecule has 2 heterocycles. The van der Waals surface area contributed by atoms with Gasteiger partial charge in [0.2, 0.25) is 0 Å². The lowest BCUT2D eigenvalue weighted by atomic mass is 10.3. The van der Waals surface area contributed by atoms with Gasteiger partial charge in [0.05, 0.1) is 13.2 Å². The average molecular weight is 248 g/mol. The molecule has 90 valence electrons. The summed E-state index contributed by atoms with van der Waals surface area (Å²) in [6.45, 7) is 5.54. The molecule has 0 aromatic carbocycles. The fourth-order valence-corrected chi connectivity index (χ4v) is 2.39. The minimum absolute atomic E-state index is 0.651. The van der Waals surface area contributed by atoms with Crippen LogP contribution < -0.4 is 10.1 Å². The molecular weight excluding hydrogens is 232 g/mol. The van der Waals surface area contributed by atoms with E-state index >= 15 is 0 Å². The molecule has 0 unspecified atom stereocenters. The zero-order valence-electron chi connectivity index (χ0n) is 10.1. The van der Waals surface area contributed by atoms with E-state index < -0.39 is 0 Å². The number of nitrogens with zero attached hydrogens (tertiary/aromatic N) is 1. The molecule has 4 heteroatoms. The van der Waals surface area contributed by atoms with Crippen molar-refractivity contribution in [2.24, 2.45) is 0 Å². The van der Waals surface area contributed by atoms with Crippen molar-refractivity contribution in [3.05, 3.63) is 40.2 Å².